The van der Waals surface area contributed by atoms with E-state index in [1.165, 1.54) is 11.1 Å². The summed E-state index contributed by atoms with van der Waals surface area (Å²) in [7, 11) is 0. The molecule has 4 heteroatoms. The molecule has 21 heavy (non-hydrogen) atoms. The van der Waals surface area contributed by atoms with Crippen LogP contribution in [0.5, 0.6) is 5.75 Å². The largest absolute Gasteiger partial charge is 0.508 e. The summed E-state index contributed by atoms with van der Waals surface area (Å²) in [6, 6.07) is 12.9. The van der Waals surface area contributed by atoms with Gasteiger partial charge in [-0.3, -0.25) is 4.79 Å². The quantitative estimate of drug-likeness (QED) is 0.741. The average molecular weight is 282 g/mol. The summed E-state index contributed by atoms with van der Waals surface area (Å²) in [6.07, 6.45) is 0.694. The van der Waals surface area contributed by atoms with Crippen LogP contribution in [0.3, 0.4) is 0 Å². The molecule has 0 fully saturated rings. The number of phenolic OH excluding ortho intramolecular Hbond substituents is 1. The van der Waals surface area contributed by atoms with Crippen LogP contribution in [-0.2, 0) is 17.8 Å². The van der Waals surface area contributed by atoms with Crippen LogP contribution in [0.2, 0.25) is 0 Å². The molecule has 2 aromatic carbocycles. The monoisotopic (exact) mass is 282 g/mol. The molecule has 1 heterocycles. The van der Waals surface area contributed by atoms with E-state index < -0.39 is 0 Å². The van der Waals surface area contributed by atoms with E-state index in [2.05, 4.69) is 22.8 Å². The lowest BCUT2D eigenvalue weighted by molar-refractivity contribution is -0.118. The first kappa shape index (κ1) is 13.6. The molecule has 0 bridgehead atoms. The Balaban J connectivity index is 1.72. The first-order valence-corrected chi connectivity index (χ1v) is 7.04. The number of phenols is 1. The Morgan fingerprint density at radius 2 is 2.00 bits per heavy atom. The third-order valence-electron chi connectivity index (χ3n) is 3.87. The maximum Gasteiger partial charge on any atom is 0.241 e. The van der Waals surface area contributed by atoms with Gasteiger partial charge in [0.15, 0.2) is 0 Å². The summed E-state index contributed by atoms with van der Waals surface area (Å²) < 4.78 is 0. The number of aromatic hydroxyl groups is 1. The van der Waals surface area contributed by atoms with E-state index >= 15 is 0 Å². The van der Waals surface area contributed by atoms with Crippen molar-refractivity contribution in [1.82, 2.24) is 5.32 Å². The molecule has 0 radical (unpaired) electrons. The minimum atomic E-state index is -0.229. The van der Waals surface area contributed by atoms with E-state index in [4.69, 9.17) is 0 Å². The Morgan fingerprint density at radius 1 is 1.24 bits per heavy atom. The molecule has 1 aliphatic rings. The van der Waals surface area contributed by atoms with Crippen molar-refractivity contribution in [3.05, 3.63) is 59.2 Å². The molecular weight excluding hydrogens is 264 g/mol. The van der Waals surface area contributed by atoms with E-state index in [-0.39, 0.29) is 17.7 Å². The van der Waals surface area contributed by atoms with Gasteiger partial charge >= 0.3 is 0 Å². The minimum Gasteiger partial charge on any atom is -0.508 e. The Labute approximate surface area is 123 Å². The van der Waals surface area contributed by atoms with Crippen molar-refractivity contribution in [3.8, 4) is 5.75 Å². The van der Waals surface area contributed by atoms with Crippen LogP contribution in [0, 0.1) is 6.92 Å². The number of hydrogen-bond acceptors (Lipinski definition) is 3. The number of carbonyl (C=O) groups is 1. The molecule has 0 saturated heterocycles. The number of benzene rings is 2. The van der Waals surface area contributed by atoms with Crippen LogP contribution in [-0.4, -0.2) is 17.1 Å². The Bertz CT molecular complexity index is 682. The number of carbonyl (C=O) groups excluding carboxylic acids is 1. The van der Waals surface area contributed by atoms with Gasteiger partial charge in [0, 0.05) is 12.2 Å². The van der Waals surface area contributed by atoms with Crippen molar-refractivity contribution in [1.29, 1.82) is 0 Å². The van der Waals surface area contributed by atoms with Crippen LogP contribution in [0.4, 0.5) is 5.69 Å². The van der Waals surface area contributed by atoms with Gasteiger partial charge in [0.1, 0.15) is 5.75 Å². The van der Waals surface area contributed by atoms with Crippen LogP contribution >= 0.6 is 0 Å². The van der Waals surface area contributed by atoms with Crippen molar-refractivity contribution in [2.75, 3.05) is 5.32 Å². The number of fused-ring (bicyclic) bond motifs is 1. The van der Waals surface area contributed by atoms with Gasteiger partial charge in [-0.1, -0.05) is 24.3 Å². The number of hydrogen-bond donors (Lipinski definition) is 3. The second kappa shape index (κ2) is 5.58. The van der Waals surface area contributed by atoms with Gasteiger partial charge in [0.05, 0.1) is 6.04 Å². The first-order valence-electron chi connectivity index (χ1n) is 7.04. The summed E-state index contributed by atoms with van der Waals surface area (Å²) in [6.45, 7) is 2.57. The molecule has 2 aromatic rings. The van der Waals surface area contributed by atoms with Crippen LogP contribution in [0.15, 0.2) is 42.5 Å². The molecule has 0 saturated carbocycles. The second-order valence-electron chi connectivity index (χ2n) is 5.39. The minimum absolute atomic E-state index is 0.0432. The molecule has 0 spiro atoms. The molecule has 1 atom stereocenters. The van der Waals surface area contributed by atoms with Gasteiger partial charge in [0.2, 0.25) is 5.91 Å². The van der Waals surface area contributed by atoms with Gasteiger partial charge in [-0.15, -0.1) is 0 Å². The summed E-state index contributed by atoms with van der Waals surface area (Å²) in [4.78, 5) is 12.4. The van der Waals surface area contributed by atoms with Gasteiger partial charge in [-0.2, -0.15) is 0 Å². The predicted molar refractivity (Wildman–Crippen MR) is 82.2 cm³/mol. The van der Waals surface area contributed by atoms with Gasteiger partial charge in [-0.25, -0.2) is 0 Å². The van der Waals surface area contributed by atoms with Gasteiger partial charge in [-0.05, 0) is 48.2 Å². The highest BCUT2D eigenvalue weighted by Gasteiger charge is 2.24. The topological polar surface area (TPSA) is 61.4 Å². The van der Waals surface area contributed by atoms with Crippen molar-refractivity contribution >= 4 is 11.6 Å². The van der Waals surface area contributed by atoms with Crippen molar-refractivity contribution < 1.29 is 9.90 Å². The lowest BCUT2D eigenvalue weighted by Gasteiger charge is -2.25. The van der Waals surface area contributed by atoms with E-state index in [0.717, 1.165) is 11.3 Å². The van der Waals surface area contributed by atoms with Crippen LogP contribution in [0.25, 0.3) is 0 Å². The third-order valence-corrected chi connectivity index (χ3v) is 3.87. The lowest BCUT2D eigenvalue weighted by Crippen LogP contribution is -2.44. The standard InChI is InChI=1S/C17H18N2O2/c1-11-8-14(20)6-7-15(11)19-17(21)16-9-12-4-2-3-5-13(12)10-18-16/h2-8,16,18,20H,9-10H2,1H3,(H,19,21)/t16-/m0/s1. The van der Waals surface area contributed by atoms with E-state index in [0.29, 0.717) is 13.0 Å². The smallest absolute Gasteiger partial charge is 0.241 e. The molecular formula is C17H18N2O2. The van der Waals surface area contributed by atoms with E-state index in [1.54, 1.807) is 18.2 Å². The summed E-state index contributed by atoms with van der Waals surface area (Å²) >= 11 is 0. The highest BCUT2D eigenvalue weighted by atomic mass is 16.3. The van der Waals surface area contributed by atoms with Crippen molar-refractivity contribution in [3.63, 3.8) is 0 Å². The molecule has 0 unspecified atom stereocenters. The van der Waals surface area contributed by atoms with Crippen LogP contribution < -0.4 is 10.6 Å². The normalized spacial score (nSPS) is 17.1. The maximum atomic E-state index is 12.4. The molecule has 0 aromatic heterocycles. The molecule has 1 aliphatic heterocycles. The van der Waals surface area contributed by atoms with Crippen LogP contribution in [0.1, 0.15) is 16.7 Å². The number of rotatable bonds is 2. The average Bonchev–Trinajstić information content (AvgIpc) is 2.49. The van der Waals surface area contributed by atoms with Gasteiger partial charge < -0.3 is 15.7 Å². The Morgan fingerprint density at radius 3 is 2.76 bits per heavy atom. The van der Waals surface area contributed by atoms with Crippen molar-refractivity contribution in [2.24, 2.45) is 0 Å². The second-order valence-corrected chi connectivity index (χ2v) is 5.39. The zero-order valence-corrected chi connectivity index (χ0v) is 11.9. The third kappa shape index (κ3) is 2.90. The Hall–Kier alpha value is -2.33. The fraction of sp³-hybridized carbons (Fsp3) is 0.235. The van der Waals surface area contributed by atoms with E-state index in [1.807, 2.05) is 19.1 Å². The zero-order chi connectivity index (χ0) is 14.8. The molecule has 1 amide bonds. The maximum absolute atomic E-state index is 12.4. The Kier molecular flexibility index (Phi) is 3.62. The summed E-state index contributed by atoms with van der Waals surface area (Å²) in [5.74, 6) is 0.161. The SMILES string of the molecule is Cc1cc(O)ccc1NC(=O)[C@@H]1Cc2ccccc2CN1. The molecule has 4 nitrogen and oxygen atoms in total. The highest BCUT2D eigenvalue weighted by Crippen LogP contribution is 2.21. The lowest BCUT2D eigenvalue weighted by atomic mass is 9.95. The number of nitrogens with one attached hydrogen (secondary N) is 2. The molecule has 0 aliphatic carbocycles. The zero-order valence-electron chi connectivity index (χ0n) is 11.9. The van der Waals surface area contributed by atoms with Gasteiger partial charge in [0.25, 0.3) is 0 Å². The van der Waals surface area contributed by atoms with E-state index in [9.17, 15) is 9.90 Å². The summed E-state index contributed by atoms with van der Waals surface area (Å²) in [5, 5.41) is 15.6. The number of anilines is 1. The fourth-order valence-corrected chi connectivity index (χ4v) is 2.65. The number of amides is 1. The van der Waals surface area contributed by atoms with Crippen molar-refractivity contribution in [2.45, 2.75) is 25.9 Å². The summed E-state index contributed by atoms with van der Waals surface area (Å²) in [5.41, 5.74) is 4.05. The first-order chi connectivity index (χ1) is 10.1. The molecule has 3 rings (SSSR count). The predicted octanol–water partition coefficient (Wildman–Crippen LogP) is 2.35. The number of aryl methyl sites for hydroxylation is 1. The highest BCUT2D eigenvalue weighted by molar-refractivity contribution is 5.95. The molecule has 3 N–H and O–H groups in total. The molecule has 108 valence electrons. The fourth-order valence-electron chi connectivity index (χ4n) is 2.65.